The number of hydrogen-bond acceptors (Lipinski definition) is 3. The van der Waals surface area contributed by atoms with Crippen molar-refractivity contribution >= 4 is 16.5 Å². The molecule has 28 heavy (non-hydrogen) atoms. The highest BCUT2D eigenvalue weighted by molar-refractivity contribution is 5.94. The lowest BCUT2D eigenvalue weighted by atomic mass is 9.93. The van der Waals surface area contributed by atoms with Crippen LogP contribution in [0.4, 0.5) is 5.69 Å². The Labute approximate surface area is 170 Å². The summed E-state index contributed by atoms with van der Waals surface area (Å²) in [5, 5.41) is 2.74. The van der Waals surface area contributed by atoms with Gasteiger partial charge >= 0.3 is 0 Å². The van der Waals surface area contributed by atoms with Crippen LogP contribution in [0, 0.1) is 5.92 Å². The van der Waals surface area contributed by atoms with Gasteiger partial charge in [0.25, 0.3) is 0 Å². The van der Waals surface area contributed by atoms with E-state index in [1.807, 2.05) is 0 Å². The molecule has 0 saturated carbocycles. The van der Waals surface area contributed by atoms with Gasteiger partial charge in [-0.1, -0.05) is 48.6 Å². The summed E-state index contributed by atoms with van der Waals surface area (Å²) in [4.78, 5) is 7.83. The summed E-state index contributed by atoms with van der Waals surface area (Å²) in [6.07, 6.45) is 4.10. The van der Waals surface area contributed by atoms with Crippen molar-refractivity contribution in [3.8, 4) is 0 Å². The molecular formula is C25H35N3. The Morgan fingerprint density at radius 1 is 0.893 bits per heavy atom. The van der Waals surface area contributed by atoms with Gasteiger partial charge in [-0.25, -0.2) is 0 Å². The van der Waals surface area contributed by atoms with Crippen molar-refractivity contribution in [3.63, 3.8) is 0 Å². The minimum atomic E-state index is 0.914. The minimum Gasteiger partial charge on any atom is -0.368 e. The third kappa shape index (κ3) is 4.76. The van der Waals surface area contributed by atoms with Crippen LogP contribution in [-0.2, 0) is 0 Å². The number of nitrogens with zero attached hydrogens (tertiary/aromatic N) is 3. The zero-order chi connectivity index (χ0) is 19.3. The van der Waals surface area contributed by atoms with E-state index in [1.54, 1.807) is 0 Å². The molecule has 0 N–H and O–H groups in total. The molecule has 2 aromatic carbocycles. The predicted octanol–water partition coefficient (Wildman–Crippen LogP) is 4.64. The van der Waals surface area contributed by atoms with Crippen LogP contribution in [0.2, 0.25) is 0 Å². The van der Waals surface area contributed by atoms with Gasteiger partial charge in [0, 0.05) is 43.8 Å². The number of piperidine rings is 1. The Kier molecular flexibility index (Phi) is 6.33. The van der Waals surface area contributed by atoms with Gasteiger partial charge in [0.15, 0.2) is 0 Å². The molecule has 2 aromatic rings. The second kappa shape index (κ2) is 9.11. The SMILES string of the molecule is C=C(C)CN1CCC(CCN2CCN(c3cccc4ccccc34)CC2)CC1. The Balaban J connectivity index is 1.23. The molecule has 150 valence electrons. The summed E-state index contributed by atoms with van der Waals surface area (Å²) in [5.41, 5.74) is 2.70. The van der Waals surface area contributed by atoms with E-state index >= 15 is 0 Å². The van der Waals surface area contributed by atoms with E-state index in [2.05, 4.69) is 70.7 Å². The van der Waals surface area contributed by atoms with E-state index in [0.29, 0.717) is 0 Å². The van der Waals surface area contributed by atoms with Gasteiger partial charge in [-0.15, -0.1) is 0 Å². The monoisotopic (exact) mass is 377 g/mol. The van der Waals surface area contributed by atoms with Crippen LogP contribution in [0.5, 0.6) is 0 Å². The molecule has 4 rings (SSSR count). The fourth-order valence-corrected chi connectivity index (χ4v) is 4.88. The number of fused-ring (bicyclic) bond motifs is 1. The lowest BCUT2D eigenvalue weighted by Gasteiger charge is -2.38. The number of rotatable bonds is 6. The smallest absolute Gasteiger partial charge is 0.0446 e. The van der Waals surface area contributed by atoms with Gasteiger partial charge in [-0.05, 0) is 63.2 Å². The summed E-state index contributed by atoms with van der Waals surface area (Å²) in [5.74, 6) is 0.914. The van der Waals surface area contributed by atoms with E-state index in [0.717, 1.165) is 25.6 Å². The molecule has 0 aliphatic carbocycles. The zero-order valence-corrected chi connectivity index (χ0v) is 17.4. The van der Waals surface area contributed by atoms with Crippen molar-refractivity contribution in [2.45, 2.75) is 26.2 Å². The standard InChI is InChI=1S/C25H35N3/c1-21(2)20-27-14-11-22(12-15-27)10-13-26-16-18-28(19-17-26)25-9-5-7-23-6-3-4-8-24(23)25/h3-9,22H,1,10-20H2,2H3. The summed E-state index contributed by atoms with van der Waals surface area (Å²) < 4.78 is 0. The first kappa shape index (κ1) is 19.5. The van der Waals surface area contributed by atoms with E-state index < -0.39 is 0 Å². The molecule has 2 saturated heterocycles. The average Bonchev–Trinajstić information content (AvgIpc) is 2.73. The van der Waals surface area contributed by atoms with Crippen LogP contribution in [0.1, 0.15) is 26.2 Å². The number of likely N-dealkylation sites (tertiary alicyclic amines) is 1. The molecule has 2 aliphatic heterocycles. The molecular weight excluding hydrogens is 342 g/mol. The third-order valence-electron chi connectivity index (χ3n) is 6.53. The maximum atomic E-state index is 4.06. The van der Waals surface area contributed by atoms with Crippen molar-refractivity contribution in [3.05, 3.63) is 54.6 Å². The molecule has 0 spiro atoms. The third-order valence-corrected chi connectivity index (χ3v) is 6.53. The van der Waals surface area contributed by atoms with Crippen molar-refractivity contribution in [2.24, 2.45) is 5.92 Å². The van der Waals surface area contributed by atoms with Crippen LogP contribution >= 0.6 is 0 Å². The quantitative estimate of drug-likeness (QED) is 0.679. The maximum absolute atomic E-state index is 4.06. The van der Waals surface area contributed by atoms with Gasteiger partial charge < -0.3 is 4.90 Å². The number of benzene rings is 2. The van der Waals surface area contributed by atoms with Crippen molar-refractivity contribution in [1.82, 2.24) is 9.80 Å². The Bertz CT molecular complexity index is 778. The van der Waals surface area contributed by atoms with Gasteiger partial charge in [0.2, 0.25) is 0 Å². The summed E-state index contributed by atoms with van der Waals surface area (Å²) >= 11 is 0. The summed E-state index contributed by atoms with van der Waals surface area (Å²) in [7, 11) is 0. The molecule has 3 heteroatoms. The fraction of sp³-hybridized carbons (Fsp3) is 0.520. The van der Waals surface area contributed by atoms with Crippen LogP contribution in [0.15, 0.2) is 54.6 Å². The van der Waals surface area contributed by atoms with Crippen LogP contribution in [0.25, 0.3) is 10.8 Å². The van der Waals surface area contributed by atoms with Gasteiger partial charge in [0.1, 0.15) is 0 Å². The second-order valence-corrected chi connectivity index (χ2v) is 8.79. The van der Waals surface area contributed by atoms with E-state index in [4.69, 9.17) is 0 Å². The topological polar surface area (TPSA) is 9.72 Å². The number of piperazine rings is 1. The lowest BCUT2D eigenvalue weighted by molar-refractivity contribution is 0.170. The summed E-state index contributed by atoms with van der Waals surface area (Å²) in [6, 6.07) is 15.5. The van der Waals surface area contributed by atoms with Gasteiger partial charge in [-0.2, -0.15) is 0 Å². The molecule has 0 unspecified atom stereocenters. The number of anilines is 1. The molecule has 2 fully saturated rings. The largest absolute Gasteiger partial charge is 0.368 e. The second-order valence-electron chi connectivity index (χ2n) is 8.79. The van der Waals surface area contributed by atoms with Crippen molar-refractivity contribution < 1.29 is 0 Å². The van der Waals surface area contributed by atoms with Crippen LogP contribution in [-0.4, -0.2) is 62.2 Å². The summed E-state index contributed by atoms with van der Waals surface area (Å²) in [6.45, 7) is 15.7. The zero-order valence-electron chi connectivity index (χ0n) is 17.4. The molecule has 0 radical (unpaired) electrons. The first-order valence-electron chi connectivity index (χ1n) is 11.0. The van der Waals surface area contributed by atoms with E-state index in [-0.39, 0.29) is 0 Å². The number of hydrogen-bond donors (Lipinski definition) is 0. The van der Waals surface area contributed by atoms with Crippen molar-refractivity contribution in [2.75, 3.05) is 57.3 Å². The normalized spacial score (nSPS) is 20.0. The Morgan fingerprint density at radius 2 is 1.61 bits per heavy atom. The fourth-order valence-electron chi connectivity index (χ4n) is 4.88. The molecule has 0 aromatic heterocycles. The van der Waals surface area contributed by atoms with Gasteiger partial charge in [0.05, 0.1) is 0 Å². The van der Waals surface area contributed by atoms with Crippen LogP contribution in [0.3, 0.4) is 0 Å². The molecule has 0 bridgehead atoms. The first-order valence-corrected chi connectivity index (χ1v) is 11.0. The highest BCUT2D eigenvalue weighted by atomic mass is 15.3. The Morgan fingerprint density at radius 3 is 2.36 bits per heavy atom. The highest BCUT2D eigenvalue weighted by Crippen LogP contribution is 2.28. The molecule has 0 amide bonds. The van der Waals surface area contributed by atoms with E-state index in [1.165, 1.54) is 74.0 Å². The molecule has 0 atom stereocenters. The molecule has 2 heterocycles. The van der Waals surface area contributed by atoms with Crippen LogP contribution < -0.4 is 4.90 Å². The van der Waals surface area contributed by atoms with E-state index in [9.17, 15) is 0 Å². The first-order chi connectivity index (χ1) is 13.7. The highest BCUT2D eigenvalue weighted by Gasteiger charge is 2.22. The van der Waals surface area contributed by atoms with Crippen molar-refractivity contribution in [1.29, 1.82) is 0 Å². The molecule has 3 nitrogen and oxygen atoms in total. The molecule has 2 aliphatic rings. The predicted molar refractivity (Wildman–Crippen MR) is 121 cm³/mol. The minimum absolute atomic E-state index is 0.914. The lowest BCUT2D eigenvalue weighted by Crippen LogP contribution is -2.47. The maximum Gasteiger partial charge on any atom is 0.0446 e. The Hall–Kier alpha value is -1.84. The van der Waals surface area contributed by atoms with Gasteiger partial charge in [-0.3, -0.25) is 9.80 Å². The average molecular weight is 378 g/mol.